The second kappa shape index (κ2) is 5.58. The molecular weight excluding hydrogens is 288 g/mol. The van der Waals surface area contributed by atoms with E-state index in [1.165, 1.54) is 0 Å². The van der Waals surface area contributed by atoms with Gasteiger partial charge in [0.05, 0.1) is 23.2 Å². The Morgan fingerprint density at radius 3 is 2.71 bits per heavy atom. The van der Waals surface area contributed by atoms with Gasteiger partial charge in [0.1, 0.15) is 0 Å². The van der Waals surface area contributed by atoms with Crippen LogP contribution in [0, 0.1) is 0 Å². The summed E-state index contributed by atoms with van der Waals surface area (Å²) in [7, 11) is 0. The number of carbonyl (C=O) groups excluding carboxylic acids is 1. The van der Waals surface area contributed by atoms with Crippen molar-refractivity contribution in [1.29, 1.82) is 0 Å². The number of nitrogens with zero attached hydrogens (tertiary/aromatic N) is 2. The number of rotatable bonds is 3. The van der Waals surface area contributed by atoms with Gasteiger partial charge >= 0.3 is 5.97 Å². The maximum Gasteiger partial charge on any atom is 0.338 e. The summed E-state index contributed by atoms with van der Waals surface area (Å²) in [5, 5.41) is 0.359. The number of benzene rings is 2. The summed E-state index contributed by atoms with van der Waals surface area (Å²) < 4.78 is 6.83. The van der Waals surface area contributed by atoms with Gasteiger partial charge in [-0.25, -0.2) is 9.78 Å². The number of esters is 1. The Morgan fingerprint density at radius 2 is 2.00 bits per heavy atom. The molecule has 2 aromatic carbocycles. The molecule has 4 nitrogen and oxygen atoms in total. The number of para-hydroxylation sites is 1. The van der Waals surface area contributed by atoms with Crippen molar-refractivity contribution in [3.8, 4) is 5.69 Å². The molecule has 0 unspecified atom stereocenters. The summed E-state index contributed by atoms with van der Waals surface area (Å²) >= 11 is 6.23. The quantitative estimate of drug-likeness (QED) is 0.690. The lowest BCUT2D eigenvalue weighted by Crippen LogP contribution is -2.04. The van der Waals surface area contributed by atoms with Crippen molar-refractivity contribution in [2.75, 3.05) is 6.61 Å². The van der Waals surface area contributed by atoms with E-state index in [9.17, 15) is 4.79 Å². The molecule has 0 aliphatic rings. The van der Waals surface area contributed by atoms with E-state index in [-0.39, 0.29) is 5.97 Å². The number of carbonyl (C=O) groups is 1. The first-order chi connectivity index (χ1) is 10.2. The predicted octanol–water partition coefficient (Wildman–Crippen LogP) is 3.86. The van der Waals surface area contributed by atoms with Crippen molar-refractivity contribution >= 4 is 28.6 Å². The number of aromatic nitrogens is 2. The molecule has 21 heavy (non-hydrogen) atoms. The number of hydrogen-bond donors (Lipinski definition) is 0. The highest BCUT2D eigenvalue weighted by atomic mass is 35.5. The van der Waals surface area contributed by atoms with E-state index in [1.807, 2.05) is 41.0 Å². The van der Waals surface area contributed by atoms with Gasteiger partial charge in [-0.05, 0) is 48.9 Å². The molecule has 0 aliphatic carbocycles. The zero-order chi connectivity index (χ0) is 14.8. The van der Waals surface area contributed by atoms with Crippen molar-refractivity contribution < 1.29 is 9.53 Å². The van der Waals surface area contributed by atoms with Crippen molar-refractivity contribution in [1.82, 2.24) is 9.55 Å². The first-order valence-corrected chi connectivity index (χ1v) is 6.99. The summed E-state index contributed by atoms with van der Waals surface area (Å²) in [4.78, 5) is 16.1. The van der Waals surface area contributed by atoms with Gasteiger partial charge in [0.15, 0.2) is 0 Å². The fourth-order valence-corrected chi connectivity index (χ4v) is 2.49. The zero-order valence-electron chi connectivity index (χ0n) is 11.4. The number of halogens is 1. The summed E-state index contributed by atoms with van der Waals surface area (Å²) in [5.41, 5.74) is 2.90. The Labute approximate surface area is 126 Å². The highest BCUT2D eigenvalue weighted by Crippen LogP contribution is 2.25. The minimum atomic E-state index is -0.357. The third-order valence-electron chi connectivity index (χ3n) is 3.14. The summed E-state index contributed by atoms with van der Waals surface area (Å²) in [6, 6.07) is 15.0. The Balaban J connectivity index is 2.12. The molecule has 0 aliphatic heterocycles. The third kappa shape index (κ3) is 2.50. The average molecular weight is 301 g/mol. The maximum atomic E-state index is 11.8. The average Bonchev–Trinajstić information content (AvgIpc) is 2.83. The summed E-state index contributed by atoms with van der Waals surface area (Å²) in [6.07, 6.45) is 0. The predicted molar refractivity (Wildman–Crippen MR) is 82.0 cm³/mol. The standard InChI is InChI=1S/C16H13ClN2O2/c1-2-21-15(20)11-8-9-14-13(10-11)18-16(17)19(14)12-6-4-3-5-7-12/h3-10H,2H2,1H3. The van der Waals surface area contributed by atoms with Crippen LogP contribution in [0.1, 0.15) is 17.3 Å². The fourth-order valence-electron chi connectivity index (χ4n) is 2.21. The van der Waals surface area contributed by atoms with Gasteiger partial charge < -0.3 is 4.74 Å². The lowest BCUT2D eigenvalue weighted by Gasteiger charge is -2.06. The molecule has 106 valence electrons. The Morgan fingerprint density at radius 1 is 1.24 bits per heavy atom. The molecular formula is C16H13ClN2O2. The molecule has 0 bridgehead atoms. The molecule has 0 fully saturated rings. The Kier molecular flexibility index (Phi) is 3.62. The van der Waals surface area contributed by atoms with Gasteiger partial charge in [-0.1, -0.05) is 18.2 Å². The molecule has 5 heteroatoms. The number of imidazole rings is 1. The molecule has 0 N–H and O–H groups in total. The van der Waals surface area contributed by atoms with E-state index in [2.05, 4.69) is 4.98 Å². The monoisotopic (exact) mass is 300 g/mol. The third-order valence-corrected chi connectivity index (χ3v) is 3.39. The minimum Gasteiger partial charge on any atom is -0.462 e. The normalized spacial score (nSPS) is 10.8. The van der Waals surface area contributed by atoms with Crippen LogP contribution in [-0.2, 0) is 4.74 Å². The summed E-state index contributed by atoms with van der Waals surface area (Å²) in [5.74, 6) is -0.357. The van der Waals surface area contributed by atoms with Gasteiger partial charge in [0.2, 0.25) is 5.28 Å². The SMILES string of the molecule is CCOC(=O)c1ccc2c(c1)nc(Cl)n2-c1ccccc1. The van der Waals surface area contributed by atoms with Crippen molar-refractivity contribution in [3.05, 3.63) is 59.4 Å². The van der Waals surface area contributed by atoms with E-state index in [4.69, 9.17) is 16.3 Å². The highest BCUT2D eigenvalue weighted by Gasteiger charge is 2.13. The molecule has 0 amide bonds. The van der Waals surface area contributed by atoms with Crippen molar-refractivity contribution in [2.24, 2.45) is 0 Å². The van der Waals surface area contributed by atoms with Crippen LogP contribution in [0.15, 0.2) is 48.5 Å². The van der Waals surface area contributed by atoms with Gasteiger partial charge in [0, 0.05) is 5.69 Å². The van der Waals surface area contributed by atoms with E-state index in [1.54, 1.807) is 19.1 Å². The van der Waals surface area contributed by atoms with Gasteiger partial charge in [0.25, 0.3) is 0 Å². The molecule has 0 saturated heterocycles. The molecule has 1 heterocycles. The van der Waals surface area contributed by atoms with Crippen LogP contribution < -0.4 is 0 Å². The van der Waals surface area contributed by atoms with Crippen LogP contribution in [-0.4, -0.2) is 22.1 Å². The highest BCUT2D eigenvalue weighted by molar-refractivity contribution is 6.29. The smallest absolute Gasteiger partial charge is 0.338 e. The maximum absolute atomic E-state index is 11.8. The lowest BCUT2D eigenvalue weighted by molar-refractivity contribution is 0.0526. The molecule has 3 rings (SSSR count). The topological polar surface area (TPSA) is 44.1 Å². The number of hydrogen-bond acceptors (Lipinski definition) is 3. The van der Waals surface area contributed by atoms with E-state index in [0.717, 1.165) is 11.2 Å². The molecule has 0 radical (unpaired) electrons. The van der Waals surface area contributed by atoms with E-state index >= 15 is 0 Å². The van der Waals surface area contributed by atoms with Gasteiger partial charge in [-0.3, -0.25) is 4.57 Å². The van der Waals surface area contributed by atoms with Crippen LogP contribution in [0.5, 0.6) is 0 Å². The van der Waals surface area contributed by atoms with Crippen LogP contribution in [0.3, 0.4) is 0 Å². The second-order valence-electron chi connectivity index (χ2n) is 4.48. The van der Waals surface area contributed by atoms with Gasteiger partial charge in [-0.15, -0.1) is 0 Å². The van der Waals surface area contributed by atoms with Crippen LogP contribution in [0.25, 0.3) is 16.7 Å². The molecule has 3 aromatic rings. The molecule has 0 spiro atoms. The zero-order valence-corrected chi connectivity index (χ0v) is 12.2. The Hall–Kier alpha value is -2.33. The van der Waals surface area contributed by atoms with Crippen LogP contribution >= 0.6 is 11.6 Å². The largest absolute Gasteiger partial charge is 0.462 e. The first-order valence-electron chi connectivity index (χ1n) is 6.61. The van der Waals surface area contributed by atoms with E-state index in [0.29, 0.717) is 23.0 Å². The summed E-state index contributed by atoms with van der Waals surface area (Å²) in [6.45, 7) is 2.12. The fraction of sp³-hybridized carbons (Fsp3) is 0.125. The van der Waals surface area contributed by atoms with Gasteiger partial charge in [-0.2, -0.15) is 0 Å². The van der Waals surface area contributed by atoms with Crippen LogP contribution in [0.4, 0.5) is 0 Å². The lowest BCUT2D eigenvalue weighted by atomic mass is 10.2. The number of fused-ring (bicyclic) bond motifs is 1. The van der Waals surface area contributed by atoms with Crippen molar-refractivity contribution in [3.63, 3.8) is 0 Å². The Bertz CT molecular complexity index is 797. The van der Waals surface area contributed by atoms with E-state index < -0.39 is 0 Å². The molecule has 0 saturated carbocycles. The van der Waals surface area contributed by atoms with Crippen molar-refractivity contribution in [2.45, 2.75) is 6.92 Å². The van der Waals surface area contributed by atoms with Crippen LogP contribution in [0.2, 0.25) is 5.28 Å². The number of ether oxygens (including phenoxy) is 1. The minimum absolute atomic E-state index is 0.343. The molecule has 1 aromatic heterocycles. The first kappa shape index (κ1) is 13.6. The second-order valence-corrected chi connectivity index (χ2v) is 4.81. The molecule has 0 atom stereocenters.